The highest BCUT2D eigenvalue weighted by molar-refractivity contribution is 5.04. The maximum atomic E-state index is 6.25. The van der Waals surface area contributed by atoms with E-state index in [4.69, 9.17) is 5.73 Å². The topological polar surface area (TPSA) is 32.5 Å². The molecule has 3 heteroatoms. The lowest BCUT2D eigenvalue weighted by atomic mass is 9.83. The molecule has 3 atom stereocenters. The number of nitrogens with two attached hydrogens (primary N) is 1. The summed E-state index contributed by atoms with van der Waals surface area (Å²) in [6.45, 7) is 12.6. The van der Waals surface area contributed by atoms with Crippen molar-refractivity contribution in [2.45, 2.75) is 64.5 Å². The molecule has 1 saturated carbocycles. The average Bonchev–Trinajstić information content (AvgIpc) is 3.06. The number of likely N-dealkylation sites (tertiary alicyclic amines) is 1. The molecule has 0 aromatic carbocycles. The summed E-state index contributed by atoms with van der Waals surface area (Å²) >= 11 is 0. The van der Waals surface area contributed by atoms with Crippen LogP contribution in [0.3, 0.4) is 0 Å². The molecule has 0 spiro atoms. The molecule has 112 valence electrons. The summed E-state index contributed by atoms with van der Waals surface area (Å²) in [5.74, 6) is 0.827. The van der Waals surface area contributed by atoms with E-state index in [2.05, 4.69) is 30.6 Å². The normalized spacial score (nSPS) is 36.5. The van der Waals surface area contributed by atoms with Crippen LogP contribution >= 0.6 is 0 Å². The second-order valence-electron chi connectivity index (χ2n) is 6.41. The van der Waals surface area contributed by atoms with Gasteiger partial charge in [0.25, 0.3) is 0 Å². The van der Waals surface area contributed by atoms with E-state index in [1.807, 2.05) is 0 Å². The van der Waals surface area contributed by atoms with Crippen molar-refractivity contribution in [2.75, 3.05) is 32.7 Å². The van der Waals surface area contributed by atoms with Gasteiger partial charge in [0.1, 0.15) is 0 Å². The van der Waals surface area contributed by atoms with Crippen LogP contribution in [0.25, 0.3) is 0 Å². The number of hydrogen-bond donors (Lipinski definition) is 1. The Morgan fingerprint density at radius 2 is 1.95 bits per heavy atom. The van der Waals surface area contributed by atoms with Crippen molar-refractivity contribution in [3.05, 3.63) is 0 Å². The summed E-state index contributed by atoms with van der Waals surface area (Å²) < 4.78 is 0. The van der Waals surface area contributed by atoms with Gasteiger partial charge in [0, 0.05) is 31.2 Å². The van der Waals surface area contributed by atoms with E-state index in [0.29, 0.717) is 5.54 Å². The van der Waals surface area contributed by atoms with Gasteiger partial charge in [-0.3, -0.25) is 9.80 Å². The highest BCUT2D eigenvalue weighted by Crippen LogP contribution is 2.43. The summed E-state index contributed by atoms with van der Waals surface area (Å²) in [5.41, 5.74) is 6.58. The number of rotatable bonds is 6. The Kier molecular flexibility index (Phi) is 5.27. The molecule has 0 radical (unpaired) electrons. The first-order valence-corrected chi connectivity index (χ1v) is 8.41. The van der Waals surface area contributed by atoms with Gasteiger partial charge < -0.3 is 5.73 Å². The van der Waals surface area contributed by atoms with E-state index >= 15 is 0 Å². The first-order chi connectivity index (χ1) is 9.21. The summed E-state index contributed by atoms with van der Waals surface area (Å²) in [4.78, 5) is 5.39. The third-order valence-electron chi connectivity index (χ3n) is 5.89. The number of likely N-dealkylation sites (N-methyl/N-ethyl adjacent to an activating group) is 1. The molecule has 1 aliphatic carbocycles. The molecule has 3 unspecified atom stereocenters. The lowest BCUT2D eigenvalue weighted by Crippen LogP contribution is -2.56. The van der Waals surface area contributed by atoms with Gasteiger partial charge in [0.05, 0.1) is 0 Å². The third kappa shape index (κ3) is 2.70. The molecular weight excluding hydrogens is 234 g/mol. The number of hydrogen-bond acceptors (Lipinski definition) is 3. The quantitative estimate of drug-likeness (QED) is 0.801. The maximum absolute atomic E-state index is 6.25. The highest BCUT2D eigenvalue weighted by Gasteiger charge is 2.47. The summed E-state index contributed by atoms with van der Waals surface area (Å²) in [6.07, 6.45) is 6.72. The largest absolute Gasteiger partial charge is 0.329 e. The van der Waals surface area contributed by atoms with Crippen molar-refractivity contribution in [2.24, 2.45) is 11.7 Å². The first kappa shape index (κ1) is 15.3. The zero-order valence-electron chi connectivity index (χ0n) is 13.2. The smallest absolute Gasteiger partial charge is 0.0360 e. The van der Waals surface area contributed by atoms with Crippen LogP contribution < -0.4 is 5.73 Å². The van der Waals surface area contributed by atoms with Crippen molar-refractivity contribution < 1.29 is 0 Å². The van der Waals surface area contributed by atoms with Crippen molar-refractivity contribution in [3.63, 3.8) is 0 Å². The van der Waals surface area contributed by atoms with Crippen molar-refractivity contribution in [3.8, 4) is 0 Å². The second-order valence-corrected chi connectivity index (χ2v) is 6.41. The molecule has 1 saturated heterocycles. The molecule has 0 amide bonds. The minimum atomic E-state index is 0.330. The van der Waals surface area contributed by atoms with Gasteiger partial charge in [-0.2, -0.15) is 0 Å². The fraction of sp³-hybridized carbons (Fsp3) is 1.00. The molecule has 2 N–H and O–H groups in total. The van der Waals surface area contributed by atoms with E-state index < -0.39 is 0 Å². The van der Waals surface area contributed by atoms with Crippen LogP contribution in [-0.4, -0.2) is 54.1 Å². The van der Waals surface area contributed by atoms with Crippen LogP contribution in [0, 0.1) is 5.92 Å². The van der Waals surface area contributed by atoms with Crippen LogP contribution in [-0.2, 0) is 0 Å². The van der Waals surface area contributed by atoms with Crippen LogP contribution in [0.1, 0.15) is 52.9 Å². The fourth-order valence-corrected chi connectivity index (χ4v) is 4.71. The second kappa shape index (κ2) is 6.55. The zero-order chi connectivity index (χ0) is 13.9. The Labute approximate surface area is 119 Å². The van der Waals surface area contributed by atoms with Crippen LogP contribution in [0.2, 0.25) is 0 Å². The van der Waals surface area contributed by atoms with Gasteiger partial charge in [-0.25, -0.2) is 0 Å². The van der Waals surface area contributed by atoms with Crippen molar-refractivity contribution in [1.29, 1.82) is 0 Å². The van der Waals surface area contributed by atoms with Crippen LogP contribution in [0.5, 0.6) is 0 Å². The Balaban J connectivity index is 2.05. The zero-order valence-corrected chi connectivity index (χ0v) is 13.2. The lowest BCUT2D eigenvalue weighted by molar-refractivity contribution is 0.0700. The maximum Gasteiger partial charge on any atom is 0.0360 e. The van der Waals surface area contributed by atoms with Gasteiger partial charge >= 0.3 is 0 Å². The molecule has 0 aromatic heterocycles. The van der Waals surface area contributed by atoms with E-state index in [-0.39, 0.29) is 0 Å². The van der Waals surface area contributed by atoms with Crippen molar-refractivity contribution in [1.82, 2.24) is 9.80 Å². The van der Waals surface area contributed by atoms with E-state index in [0.717, 1.165) is 18.5 Å². The molecule has 2 rings (SSSR count). The summed E-state index contributed by atoms with van der Waals surface area (Å²) in [5, 5.41) is 0. The first-order valence-electron chi connectivity index (χ1n) is 8.41. The van der Waals surface area contributed by atoms with Crippen LogP contribution in [0.4, 0.5) is 0 Å². The van der Waals surface area contributed by atoms with E-state index in [9.17, 15) is 0 Å². The SMILES string of the molecule is CCC1CCCC1(CN)N1CCC(N(CC)CC)C1. The molecule has 0 aromatic rings. The summed E-state index contributed by atoms with van der Waals surface area (Å²) in [7, 11) is 0. The Morgan fingerprint density at radius 1 is 1.21 bits per heavy atom. The molecule has 1 aliphatic heterocycles. The molecule has 2 fully saturated rings. The standard InChI is InChI=1S/C16H33N3/c1-4-14-8-7-10-16(14,13-17)19-11-9-15(12-19)18(5-2)6-3/h14-15H,4-13,17H2,1-3H3. The molecule has 19 heavy (non-hydrogen) atoms. The van der Waals surface area contributed by atoms with Gasteiger partial charge in [-0.05, 0) is 38.3 Å². The molecular formula is C16H33N3. The predicted molar refractivity (Wildman–Crippen MR) is 82.3 cm³/mol. The predicted octanol–water partition coefficient (Wildman–Crippen LogP) is 2.31. The van der Waals surface area contributed by atoms with Crippen molar-refractivity contribution >= 4 is 0 Å². The Morgan fingerprint density at radius 3 is 2.53 bits per heavy atom. The lowest BCUT2D eigenvalue weighted by Gasteiger charge is -2.43. The minimum Gasteiger partial charge on any atom is -0.329 e. The molecule has 0 bridgehead atoms. The summed E-state index contributed by atoms with van der Waals surface area (Å²) in [6, 6.07) is 0.761. The van der Waals surface area contributed by atoms with E-state index in [1.54, 1.807) is 0 Å². The van der Waals surface area contributed by atoms with Gasteiger partial charge in [0.15, 0.2) is 0 Å². The highest BCUT2D eigenvalue weighted by atomic mass is 15.3. The third-order valence-corrected chi connectivity index (χ3v) is 5.89. The van der Waals surface area contributed by atoms with Gasteiger partial charge in [0.2, 0.25) is 0 Å². The fourth-order valence-electron chi connectivity index (χ4n) is 4.71. The van der Waals surface area contributed by atoms with E-state index in [1.165, 1.54) is 58.3 Å². The van der Waals surface area contributed by atoms with Crippen LogP contribution in [0.15, 0.2) is 0 Å². The minimum absolute atomic E-state index is 0.330. The Bertz CT molecular complexity index is 277. The molecule has 1 heterocycles. The van der Waals surface area contributed by atoms with Gasteiger partial charge in [-0.15, -0.1) is 0 Å². The Hall–Kier alpha value is -0.120. The number of nitrogens with zero attached hydrogens (tertiary/aromatic N) is 2. The molecule has 3 nitrogen and oxygen atoms in total. The average molecular weight is 267 g/mol. The van der Waals surface area contributed by atoms with Gasteiger partial charge in [-0.1, -0.05) is 33.6 Å². The monoisotopic (exact) mass is 267 g/mol. The molecule has 2 aliphatic rings.